The van der Waals surface area contributed by atoms with E-state index in [4.69, 9.17) is 11.6 Å². The lowest BCUT2D eigenvalue weighted by atomic mass is 10.2. The molecule has 3 rings (SSSR count). The maximum absolute atomic E-state index is 12.1. The molecule has 0 saturated carbocycles. The lowest BCUT2D eigenvalue weighted by Gasteiger charge is -1.97. The van der Waals surface area contributed by atoms with Gasteiger partial charge < -0.3 is 0 Å². The van der Waals surface area contributed by atoms with E-state index in [2.05, 4.69) is 10.5 Å². The number of rotatable bonds is 3. The fourth-order valence-electron chi connectivity index (χ4n) is 1.92. The Morgan fingerprint density at radius 2 is 1.81 bits per heavy atom. The molecule has 104 valence electrons. The van der Waals surface area contributed by atoms with Gasteiger partial charge in [0.1, 0.15) is 4.88 Å². The third kappa shape index (κ3) is 2.96. The number of carbonyl (C=O) groups is 1. The number of hydrogen-bond acceptors (Lipinski definition) is 3. The fraction of sp³-hybridized carbons (Fsp3) is 0. The van der Waals surface area contributed by atoms with Crippen LogP contribution in [0.3, 0.4) is 0 Å². The third-order valence-corrected chi connectivity index (χ3v) is 4.59. The fourth-order valence-corrected chi connectivity index (χ4v) is 3.32. The number of thiophene rings is 1. The molecule has 1 aromatic heterocycles. The highest BCUT2D eigenvalue weighted by atomic mass is 35.5. The molecule has 3 aromatic rings. The van der Waals surface area contributed by atoms with E-state index in [0.717, 1.165) is 15.6 Å². The van der Waals surface area contributed by atoms with Crippen LogP contribution in [0.1, 0.15) is 15.2 Å². The maximum Gasteiger partial charge on any atom is 0.283 e. The van der Waals surface area contributed by atoms with Gasteiger partial charge in [0.2, 0.25) is 0 Å². The van der Waals surface area contributed by atoms with Crippen molar-refractivity contribution < 1.29 is 4.79 Å². The minimum atomic E-state index is -0.298. The van der Waals surface area contributed by atoms with Crippen molar-refractivity contribution in [3.63, 3.8) is 0 Å². The number of hydrogen-bond donors (Lipinski definition) is 1. The molecule has 0 saturated heterocycles. The number of hydrazone groups is 1. The monoisotopic (exact) mass is 314 g/mol. The van der Waals surface area contributed by atoms with Gasteiger partial charge >= 0.3 is 0 Å². The molecule has 0 unspecified atom stereocenters. The van der Waals surface area contributed by atoms with Gasteiger partial charge in [-0.25, -0.2) is 5.43 Å². The molecule has 0 aliphatic heterocycles. The van der Waals surface area contributed by atoms with Gasteiger partial charge in [-0.05, 0) is 11.6 Å². The summed E-state index contributed by atoms with van der Waals surface area (Å²) in [4.78, 5) is 12.6. The topological polar surface area (TPSA) is 41.5 Å². The summed E-state index contributed by atoms with van der Waals surface area (Å²) in [6.07, 6.45) is 1.60. The summed E-state index contributed by atoms with van der Waals surface area (Å²) >= 11 is 7.61. The van der Waals surface area contributed by atoms with Gasteiger partial charge in [0, 0.05) is 10.1 Å². The Hall–Kier alpha value is -2.17. The van der Waals surface area contributed by atoms with Gasteiger partial charge in [-0.2, -0.15) is 5.10 Å². The predicted molar refractivity (Wildman–Crippen MR) is 88.3 cm³/mol. The van der Waals surface area contributed by atoms with Crippen LogP contribution in [0.4, 0.5) is 0 Å². The first-order valence-corrected chi connectivity index (χ1v) is 7.50. The number of nitrogens with one attached hydrogen (secondary N) is 1. The normalized spacial score (nSPS) is 11.1. The molecular formula is C16H11ClN2OS. The first kappa shape index (κ1) is 13.8. The van der Waals surface area contributed by atoms with Crippen LogP contribution in [0, 0.1) is 0 Å². The van der Waals surface area contributed by atoms with E-state index in [-0.39, 0.29) is 5.91 Å². The number of carbonyl (C=O) groups excluding carboxylic acids is 1. The number of fused-ring (bicyclic) bond motifs is 1. The van der Waals surface area contributed by atoms with Gasteiger partial charge in [0.05, 0.1) is 11.2 Å². The molecule has 1 heterocycles. The summed E-state index contributed by atoms with van der Waals surface area (Å²) in [5.41, 5.74) is 3.42. The van der Waals surface area contributed by atoms with E-state index in [1.165, 1.54) is 11.3 Å². The van der Waals surface area contributed by atoms with E-state index in [0.29, 0.717) is 9.90 Å². The lowest BCUT2D eigenvalue weighted by Crippen LogP contribution is -2.16. The van der Waals surface area contributed by atoms with Crippen LogP contribution in [0.5, 0.6) is 0 Å². The average molecular weight is 315 g/mol. The minimum absolute atomic E-state index is 0.298. The molecule has 0 radical (unpaired) electrons. The molecule has 0 atom stereocenters. The van der Waals surface area contributed by atoms with Crippen molar-refractivity contribution in [2.24, 2.45) is 5.10 Å². The van der Waals surface area contributed by atoms with Crippen LogP contribution >= 0.6 is 22.9 Å². The molecule has 1 amide bonds. The molecular weight excluding hydrogens is 304 g/mol. The Kier molecular flexibility index (Phi) is 3.99. The largest absolute Gasteiger partial charge is 0.283 e. The second-order valence-corrected chi connectivity index (χ2v) is 5.78. The number of amides is 1. The van der Waals surface area contributed by atoms with E-state index in [1.54, 1.807) is 6.21 Å². The summed E-state index contributed by atoms with van der Waals surface area (Å²) in [5, 5.41) is 5.32. The van der Waals surface area contributed by atoms with E-state index >= 15 is 0 Å². The van der Waals surface area contributed by atoms with Crippen LogP contribution in [-0.4, -0.2) is 12.1 Å². The SMILES string of the molecule is O=C(N/N=C\c1ccccc1)c1sc2ccccc2c1Cl. The predicted octanol–water partition coefficient (Wildman–Crippen LogP) is 4.32. The van der Waals surface area contributed by atoms with Crippen LogP contribution in [-0.2, 0) is 0 Å². The molecule has 1 N–H and O–H groups in total. The van der Waals surface area contributed by atoms with E-state index in [9.17, 15) is 4.79 Å². The molecule has 0 spiro atoms. The number of nitrogens with zero attached hydrogens (tertiary/aromatic N) is 1. The first-order valence-electron chi connectivity index (χ1n) is 6.31. The molecule has 0 aliphatic carbocycles. The Morgan fingerprint density at radius 1 is 1.10 bits per heavy atom. The summed E-state index contributed by atoms with van der Waals surface area (Å²) in [7, 11) is 0. The summed E-state index contributed by atoms with van der Waals surface area (Å²) in [6.45, 7) is 0. The van der Waals surface area contributed by atoms with Crippen molar-refractivity contribution in [3.8, 4) is 0 Å². The first-order chi connectivity index (χ1) is 10.3. The van der Waals surface area contributed by atoms with Crippen LogP contribution in [0.25, 0.3) is 10.1 Å². The number of benzene rings is 2. The van der Waals surface area contributed by atoms with Gasteiger partial charge in [-0.1, -0.05) is 60.1 Å². The Labute approximate surface area is 130 Å². The smallest absolute Gasteiger partial charge is 0.266 e. The molecule has 3 nitrogen and oxygen atoms in total. The highest BCUT2D eigenvalue weighted by Crippen LogP contribution is 2.34. The van der Waals surface area contributed by atoms with Gasteiger partial charge in [-0.15, -0.1) is 11.3 Å². The summed E-state index contributed by atoms with van der Waals surface area (Å²) in [5.74, 6) is -0.298. The molecule has 5 heteroatoms. The van der Waals surface area contributed by atoms with Crippen molar-refractivity contribution >= 4 is 45.1 Å². The zero-order valence-corrected chi connectivity index (χ0v) is 12.5. The van der Waals surface area contributed by atoms with Crippen LogP contribution in [0.15, 0.2) is 59.7 Å². The minimum Gasteiger partial charge on any atom is -0.266 e. The zero-order chi connectivity index (χ0) is 14.7. The number of halogens is 1. The molecule has 21 heavy (non-hydrogen) atoms. The van der Waals surface area contributed by atoms with Crippen molar-refractivity contribution in [2.45, 2.75) is 0 Å². The van der Waals surface area contributed by atoms with Gasteiger partial charge in [0.25, 0.3) is 5.91 Å². The standard InChI is InChI=1S/C16H11ClN2OS/c17-14-12-8-4-5-9-13(12)21-15(14)16(20)19-18-10-11-6-2-1-3-7-11/h1-10H,(H,19,20)/b18-10-. The Morgan fingerprint density at radius 3 is 2.57 bits per heavy atom. The van der Waals surface area contributed by atoms with Crippen LogP contribution < -0.4 is 5.43 Å². The highest BCUT2D eigenvalue weighted by Gasteiger charge is 2.16. The van der Waals surface area contributed by atoms with Crippen molar-refractivity contribution in [2.75, 3.05) is 0 Å². The Bertz CT molecular complexity index is 812. The van der Waals surface area contributed by atoms with Crippen molar-refractivity contribution in [3.05, 3.63) is 70.1 Å². The molecule has 0 bridgehead atoms. The average Bonchev–Trinajstić information content (AvgIpc) is 2.86. The molecule has 2 aromatic carbocycles. The van der Waals surface area contributed by atoms with Crippen molar-refractivity contribution in [1.29, 1.82) is 0 Å². The van der Waals surface area contributed by atoms with Crippen molar-refractivity contribution in [1.82, 2.24) is 5.43 Å². The van der Waals surface area contributed by atoms with E-state index < -0.39 is 0 Å². The lowest BCUT2D eigenvalue weighted by molar-refractivity contribution is 0.0959. The van der Waals surface area contributed by atoms with Gasteiger partial charge in [-0.3, -0.25) is 4.79 Å². The highest BCUT2D eigenvalue weighted by molar-refractivity contribution is 7.21. The third-order valence-electron chi connectivity index (χ3n) is 2.92. The van der Waals surface area contributed by atoms with Crippen LogP contribution in [0.2, 0.25) is 5.02 Å². The molecule has 0 aliphatic rings. The molecule has 0 fully saturated rings. The summed E-state index contributed by atoms with van der Waals surface area (Å²) < 4.78 is 0.986. The summed E-state index contributed by atoms with van der Waals surface area (Å²) in [6, 6.07) is 17.2. The second kappa shape index (κ2) is 6.08. The van der Waals surface area contributed by atoms with Gasteiger partial charge in [0.15, 0.2) is 0 Å². The maximum atomic E-state index is 12.1. The second-order valence-electron chi connectivity index (χ2n) is 4.35. The quantitative estimate of drug-likeness (QED) is 0.568. The zero-order valence-electron chi connectivity index (χ0n) is 10.9. The Balaban J connectivity index is 1.78. The van der Waals surface area contributed by atoms with E-state index in [1.807, 2.05) is 54.6 Å².